The lowest BCUT2D eigenvalue weighted by molar-refractivity contribution is 0.679. The Labute approximate surface area is 155 Å². The number of allylic oxidation sites excluding steroid dienone is 1. The Bertz CT molecular complexity index is 943. The highest BCUT2D eigenvalue weighted by atomic mass is 15.0. The number of fused-ring (bicyclic) bond motifs is 1. The SMILES string of the molecule is Cc1cccc(-c2nc(NCCC3=CCCCC3)c3ccccc3n2)c1. The second kappa shape index (κ2) is 7.69. The summed E-state index contributed by atoms with van der Waals surface area (Å²) < 4.78 is 0. The molecule has 4 rings (SSSR count). The van der Waals surface area contributed by atoms with Gasteiger partial charge in [0.1, 0.15) is 5.82 Å². The third kappa shape index (κ3) is 3.77. The molecule has 3 nitrogen and oxygen atoms in total. The lowest BCUT2D eigenvalue weighted by Crippen LogP contribution is -2.07. The minimum Gasteiger partial charge on any atom is -0.369 e. The van der Waals surface area contributed by atoms with Gasteiger partial charge < -0.3 is 5.32 Å². The number of nitrogens with zero attached hydrogens (tertiary/aromatic N) is 2. The lowest BCUT2D eigenvalue weighted by atomic mass is 9.97. The highest BCUT2D eigenvalue weighted by Crippen LogP contribution is 2.26. The summed E-state index contributed by atoms with van der Waals surface area (Å²) in [6.07, 6.45) is 8.68. The van der Waals surface area contributed by atoms with Gasteiger partial charge >= 0.3 is 0 Å². The van der Waals surface area contributed by atoms with Gasteiger partial charge in [-0.05, 0) is 57.2 Å². The Morgan fingerprint density at radius 3 is 2.77 bits per heavy atom. The van der Waals surface area contributed by atoms with Crippen molar-refractivity contribution in [1.29, 1.82) is 0 Å². The summed E-state index contributed by atoms with van der Waals surface area (Å²) in [4.78, 5) is 9.64. The number of para-hydroxylation sites is 1. The zero-order valence-corrected chi connectivity index (χ0v) is 15.3. The summed E-state index contributed by atoms with van der Waals surface area (Å²) in [5.41, 5.74) is 4.85. The minimum absolute atomic E-state index is 0.784. The van der Waals surface area contributed by atoms with E-state index in [9.17, 15) is 0 Å². The molecule has 0 unspecified atom stereocenters. The van der Waals surface area contributed by atoms with E-state index in [4.69, 9.17) is 9.97 Å². The van der Waals surface area contributed by atoms with E-state index in [0.29, 0.717) is 0 Å². The molecule has 0 radical (unpaired) electrons. The molecule has 0 saturated heterocycles. The maximum atomic E-state index is 4.85. The van der Waals surface area contributed by atoms with Crippen molar-refractivity contribution in [3.05, 3.63) is 65.7 Å². The molecule has 0 bridgehead atoms. The zero-order valence-electron chi connectivity index (χ0n) is 15.3. The van der Waals surface area contributed by atoms with Crippen LogP contribution in [-0.2, 0) is 0 Å². The van der Waals surface area contributed by atoms with Gasteiger partial charge in [-0.15, -0.1) is 0 Å². The van der Waals surface area contributed by atoms with Gasteiger partial charge in [0.25, 0.3) is 0 Å². The van der Waals surface area contributed by atoms with Crippen LogP contribution in [0.25, 0.3) is 22.3 Å². The van der Waals surface area contributed by atoms with Gasteiger partial charge in [-0.1, -0.05) is 47.5 Å². The van der Waals surface area contributed by atoms with Crippen LogP contribution in [0, 0.1) is 6.92 Å². The van der Waals surface area contributed by atoms with Crippen LogP contribution in [-0.4, -0.2) is 16.5 Å². The van der Waals surface area contributed by atoms with Crippen molar-refractivity contribution in [3.8, 4) is 11.4 Å². The first-order chi connectivity index (χ1) is 12.8. The van der Waals surface area contributed by atoms with Gasteiger partial charge in [0.2, 0.25) is 0 Å². The summed E-state index contributed by atoms with van der Waals surface area (Å²) in [6.45, 7) is 3.02. The van der Waals surface area contributed by atoms with E-state index in [0.717, 1.165) is 41.1 Å². The smallest absolute Gasteiger partial charge is 0.162 e. The molecule has 1 aromatic heterocycles. The Morgan fingerprint density at radius 2 is 1.92 bits per heavy atom. The number of anilines is 1. The van der Waals surface area contributed by atoms with Gasteiger partial charge in [-0.2, -0.15) is 0 Å². The van der Waals surface area contributed by atoms with Crippen molar-refractivity contribution in [3.63, 3.8) is 0 Å². The van der Waals surface area contributed by atoms with Crippen LogP contribution < -0.4 is 5.32 Å². The van der Waals surface area contributed by atoms with Crippen LogP contribution in [0.1, 0.15) is 37.7 Å². The molecule has 0 amide bonds. The van der Waals surface area contributed by atoms with Crippen LogP contribution >= 0.6 is 0 Å². The molecule has 0 spiro atoms. The van der Waals surface area contributed by atoms with Gasteiger partial charge in [0, 0.05) is 17.5 Å². The summed E-state index contributed by atoms with van der Waals surface area (Å²) >= 11 is 0. The molecular formula is C23H25N3. The monoisotopic (exact) mass is 343 g/mol. The van der Waals surface area contributed by atoms with Crippen LogP contribution in [0.3, 0.4) is 0 Å². The summed E-state index contributed by atoms with van der Waals surface area (Å²) in [5, 5.41) is 4.65. The number of aromatic nitrogens is 2. The fourth-order valence-electron chi connectivity index (χ4n) is 3.60. The largest absolute Gasteiger partial charge is 0.369 e. The Hall–Kier alpha value is -2.68. The molecule has 0 fully saturated rings. The van der Waals surface area contributed by atoms with E-state index >= 15 is 0 Å². The van der Waals surface area contributed by atoms with Crippen LogP contribution in [0.2, 0.25) is 0 Å². The quantitative estimate of drug-likeness (QED) is 0.585. The van der Waals surface area contributed by atoms with Crippen LogP contribution in [0.4, 0.5) is 5.82 Å². The fraction of sp³-hybridized carbons (Fsp3) is 0.304. The highest BCUT2D eigenvalue weighted by molar-refractivity contribution is 5.90. The molecule has 1 heterocycles. The third-order valence-electron chi connectivity index (χ3n) is 5.00. The number of aryl methyl sites for hydroxylation is 1. The molecule has 1 aliphatic rings. The molecule has 0 saturated carbocycles. The molecule has 2 aromatic carbocycles. The lowest BCUT2D eigenvalue weighted by Gasteiger charge is -2.14. The molecule has 1 aliphatic carbocycles. The van der Waals surface area contributed by atoms with E-state index in [1.54, 1.807) is 5.57 Å². The van der Waals surface area contributed by atoms with Gasteiger partial charge in [-0.3, -0.25) is 0 Å². The minimum atomic E-state index is 0.784. The number of benzene rings is 2. The number of hydrogen-bond donors (Lipinski definition) is 1. The highest BCUT2D eigenvalue weighted by Gasteiger charge is 2.10. The molecule has 0 aliphatic heterocycles. The first-order valence-electron chi connectivity index (χ1n) is 9.55. The summed E-state index contributed by atoms with van der Waals surface area (Å²) in [7, 11) is 0. The van der Waals surface area contributed by atoms with E-state index in [2.05, 4.69) is 54.7 Å². The topological polar surface area (TPSA) is 37.8 Å². The van der Waals surface area contributed by atoms with Gasteiger partial charge in [-0.25, -0.2) is 9.97 Å². The van der Waals surface area contributed by atoms with Crippen molar-refractivity contribution in [2.24, 2.45) is 0 Å². The van der Waals surface area contributed by atoms with E-state index in [1.165, 1.54) is 31.2 Å². The second-order valence-corrected chi connectivity index (χ2v) is 7.07. The Balaban J connectivity index is 1.62. The first-order valence-corrected chi connectivity index (χ1v) is 9.55. The Morgan fingerprint density at radius 1 is 1.00 bits per heavy atom. The predicted molar refractivity (Wildman–Crippen MR) is 109 cm³/mol. The maximum Gasteiger partial charge on any atom is 0.162 e. The van der Waals surface area contributed by atoms with E-state index in [-0.39, 0.29) is 0 Å². The zero-order chi connectivity index (χ0) is 17.8. The van der Waals surface area contributed by atoms with Crippen molar-refractivity contribution in [1.82, 2.24) is 9.97 Å². The van der Waals surface area contributed by atoms with Crippen molar-refractivity contribution >= 4 is 16.7 Å². The van der Waals surface area contributed by atoms with Crippen molar-refractivity contribution in [2.45, 2.75) is 39.0 Å². The molecule has 1 N–H and O–H groups in total. The third-order valence-corrected chi connectivity index (χ3v) is 5.00. The molecule has 3 aromatic rings. The maximum absolute atomic E-state index is 4.85. The van der Waals surface area contributed by atoms with Crippen LogP contribution in [0.5, 0.6) is 0 Å². The number of hydrogen-bond acceptors (Lipinski definition) is 3. The summed E-state index contributed by atoms with van der Waals surface area (Å²) in [6, 6.07) is 16.6. The van der Waals surface area contributed by atoms with Crippen molar-refractivity contribution in [2.75, 3.05) is 11.9 Å². The molecule has 0 atom stereocenters. The van der Waals surface area contributed by atoms with E-state index < -0.39 is 0 Å². The van der Waals surface area contributed by atoms with E-state index in [1.807, 2.05) is 12.1 Å². The van der Waals surface area contributed by atoms with Gasteiger partial charge in [0.15, 0.2) is 5.82 Å². The van der Waals surface area contributed by atoms with Gasteiger partial charge in [0.05, 0.1) is 5.52 Å². The average Bonchev–Trinajstić information content (AvgIpc) is 2.68. The first kappa shape index (κ1) is 16.8. The average molecular weight is 343 g/mol. The second-order valence-electron chi connectivity index (χ2n) is 7.07. The Kier molecular flexibility index (Phi) is 4.96. The predicted octanol–water partition coefficient (Wildman–Crippen LogP) is 5.91. The molecule has 3 heteroatoms. The normalized spacial score (nSPS) is 14.3. The summed E-state index contributed by atoms with van der Waals surface area (Å²) in [5.74, 6) is 1.72. The number of nitrogens with one attached hydrogen (secondary N) is 1. The van der Waals surface area contributed by atoms with Crippen LogP contribution in [0.15, 0.2) is 60.2 Å². The number of rotatable bonds is 5. The standard InChI is InChI=1S/C23H25N3/c1-17-8-7-11-19(16-17)22-25-21-13-6-5-12-20(21)23(26-22)24-15-14-18-9-3-2-4-10-18/h5-9,11-13,16H,2-4,10,14-15H2,1H3,(H,24,25,26). The molecule has 26 heavy (non-hydrogen) atoms. The van der Waals surface area contributed by atoms with Crippen molar-refractivity contribution < 1.29 is 0 Å². The molecular weight excluding hydrogens is 318 g/mol. The molecule has 132 valence electrons. The fourth-order valence-corrected chi connectivity index (χ4v) is 3.60.